The maximum Gasteiger partial charge on any atom is 0.222 e. The van der Waals surface area contributed by atoms with Crippen LogP contribution in [0.5, 0.6) is 0 Å². The van der Waals surface area contributed by atoms with Crippen LogP contribution in [-0.2, 0) is 11.3 Å². The van der Waals surface area contributed by atoms with Crippen molar-refractivity contribution in [3.8, 4) is 11.1 Å². The number of carbonyl (C=O) groups is 1. The van der Waals surface area contributed by atoms with Crippen LogP contribution in [0.2, 0.25) is 5.02 Å². The predicted molar refractivity (Wildman–Crippen MR) is 131 cm³/mol. The van der Waals surface area contributed by atoms with E-state index < -0.39 is 0 Å². The smallest absolute Gasteiger partial charge is 0.222 e. The molecule has 1 aliphatic heterocycles. The van der Waals surface area contributed by atoms with Crippen molar-refractivity contribution in [3.05, 3.63) is 59.1 Å². The molecule has 1 unspecified atom stereocenters. The molecule has 1 heterocycles. The second-order valence-electron chi connectivity index (χ2n) is 6.91. The van der Waals surface area contributed by atoms with Crippen LogP contribution < -0.4 is 10.6 Å². The van der Waals surface area contributed by atoms with Crippen LogP contribution in [0.4, 0.5) is 0 Å². The molecule has 1 fully saturated rings. The maximum absolute atomic E-state index is 11.9. The first-order chi connectivity index (χ1) is 13.6. The summed E-state index contributed by atoms with van der Waals surface area (Å²) in [4.78, 5) is 18.1. The number of hydrogen-bond acceptors (Lipinski definition) is 2. The first kappa shape index (κ1) is 23.5. The maximum atomic E-state index is 11.9. The normalized spacial score (nSPS) is 16.3. The Bertz CT molecular complexity index is 841. The molecule has 0 aromatic heterocycles. The monoisotopic (exact) mass is 526 g/mol. The zero-order valence-corrected chi connectivity index (χ0v) is 19.9. The van der Waals surface area contributed by atoms with Gasteiger partial charge in [0, 0.05) is 44.2 Å². The van der Waals surface area contributed by atoms with E-state index in [0.29, 0.717) is 13.0 Å². The predicted octanol–water partition coefficient (Wildman–Crippen LogP) is 4.30. The van der Waals surface area contributed by atoms with Gasteiger partial charge in [-0.1, -0.05) is 54.9 Å². The van der Waals surface area contributed by atoms with Gasteiger partial charge in [-0.15, -0.1) is 24.0 Å². The molecule has 156 valence electrons. The van der Waals surface area contributed by atoms with Crippen LogP contribution in [-0.4, -0.2) is 42.9 Å². The van der Waals surface area contributed by atoms with Gasteiger partial charge in [0.1, 0.15) is 0 Å². The number of benzene rings is 2. The Hall–Kier alpha value is -1.80. The summed E-state index contributed by atoms with van der Waals surface area (Å²) in [6.45, 7) is 4.10. The lowest BCUT2D eigenvalue weighted by atomic mass is 10.00. The minimum atomic E-state index is 0. The molecule has 1 aliphatic rings. The molecule has 0 radical (unpaired) electrons. The second kappa shape index (κ2) is 11.4. The largest absolute Gasteiger partial charge is 0.352 e. The molecule has 7 heteroatoms. The van der Waals surface area contributed by atoms with E-state index >= 15 is 0 Å². The lowest BCUT2D eigenvalue weighted by Crippen LogP contribution is -2.44. The zero-order chi connectivity index (χ0) is 19.9. The molecule has 2 aromatic rings. The minimum Gasteiger partial charge on any atom is -0.352 e. The molecule has 29 heavy (non-hydrogen) atoms. The number of nitrogens with zero attached hydrogens (tertiary/aromatic N) is 2. The third-order valence-electron chi connectivity index (χ3n) is 5.03. The highest BCUT2D eigenvalue weighted by atomic mass is 127. The van der Waals surface area contributed by atoms with Crippen LogP contribution in [0, 0.1) is 0 Å². The quantitative estimate of drug-likeness (QED) is 0.347. The highest BCUT2D eigenvalue weighted by Crippen LogP contribution is 2.25. The number of halogens is 2. The van der Waals surface area contributed by atoms with Gasteiger partial charge in [-0.25, -0.2) is 0 Å². The van der Waals surface area contributed by atoms with E-state index in [2.05, 4.69) is 27.8 Å². The summed E-state index contributed by atoms with van der Waals surface area (Å²) in [7, 11) is 1.77. The fourth-order valence-corrected chi connectivity index (χ4v) is 3.61. The molecule has 1 atom stereocenters. The van der Waals surface area contributed by atoms with Crippen LogP contribution in [0.3, 0.4) is 0 Å². The molecule has 1 amide bonds. The van der Waals surface area contributed by atoms with E-state index in [4.69, 9.17) is 11.6 Å². The van der Waals surface area contributed by atoms with Gasteiger partial charge in [-0.3, -0.25) is 9.79 Å². The summed E-state index contributed by atoms with van der Waals surface area (Å²) >= 11 is 6.02. The highest BCUT2D eigenvalue weighted by Gasteiger charge is 2.25. The summed E-state index contributed by atoms with van der Waals surface area (Å²) in [6.07, 6.45) is 1.50. The number of carbonyl (C=O) groups excluding carboxylic acids is 1. The zero-order valence-electron chi connectivity index (χ0n) is 16.8. The minimum absolute atomic E-state index is 0. The Kier molecular flexibility index (Phi) is 9.23. The molecule has 0 aliphatic carbocycles. The summed E-state index contributed by atoms with van der Waals surface area (Å²) in [5.41, 5.74) is 3.49. The molecule has 5 nitrogen and oxygen atoms in total. The number of aliphatic imine (C=N–C) groups is 1. The molecule has 1 saturated heterocycles. The van der Waals surface area contributed by atoms with Crippen LogP contribution in [0.25, 0.3) is 11.1 Å². The number of hydrogen-bond donors (Lipinski definition) is 2. The van der Waals surface area contributed by atoms with Crippen molar-refractivity contribution in [1.82, 2.24) is 15.5 Å². The van der Waals surface area contributed by atoms with Gasteiger partial charge < -0.3 is 15.5 Å². The number of likely N-dealkylation sites (tertiary alicyclic amines) is 1. The number of amides is 1. The lowest BCUT2D eigenvalue weighted by Gasteiger charge is -2.19. The average molecular weight is 527 g/mol. The standard InChI is InChI=1S/C22H27ClN4O.HI/c1-3-21(28)27-13-12-19(15-27)26-22(24-2)25-14-17-6-4-5-7-20(17)16-8-10-18(23)11-9-16;/h4-11,19H,3,12-15H2,1-2H3,(H2,24,25,26);1H. The van der Waals surface area contributed by atoms with E-state index in [9.17, 15) is 4.79 Å². The molecular formula is C22H28ClIN4O. The Balaban J connectivity index is 0.00000300. The van der Waals surface area contributed by atoms with Gasteiger partial charge in [-0.2, -0.15) is 0 Å². The molecule has 0 bridgehead atoms. The van der Waals surface area contributed by atoms with Crippen molar-refractivity contribution < 1.29 is 4.79 Å². The van der Waals surface area contributed by atoms with Crippen molar-refractivity contribution in [1.29, 1.82) is 0 Å². The van der Waals surface area contributed by atoms with Gasteiger partial charge in [0.2, 0.25) is 5.91 Å². The van der Waals surface area contributed by atoms with E-state index in [1.54, 1.807) is 7.05 Å². The van der Waals surface area contributed by atoms with Crippen molar-refractivity contribution >= 4 is 47.4 Å². The van der Waals surface area contributed by atoms with Crippen molar-refractivity contribution in [3.63, 3.8) is 0 Å². The topological polar surface area (TPSA) is 56.7 Å². The first-order valence-corrected chi connectivity index (χ1v) is 10.1. The fraction of sp³-hybridized carbons (Fsp3) is 0.364. The summed E-state index contributed by atoms with van der Waals surface area (Å²) in [6, 6.07) is 16.4. The van der Waals surface area contributed by atoms with E-state index in [1.165, 1.54) is 11.1 Å². The Morgan fingerprint density at radius 1 is 1.21 bits per heavy atom. The Morgan fingerprint density at radius 2 is 1.93 bits per heavy atom. The number of nitrogens with one attached hydrogen (secondary N) is 2. The van der Waals surface area contributed by atoms with Crippen LogP contribution >= 0.6 is 35.6 Å². The van der Waals surface area contributed by atoms with Gasteiger partial charge in [-0.05, 0) is 35.2 Å². The van der Waals surface area contributed by atoms with Gasteiger partial charge in [0.15, 0.2) is 5.96 Å². The SMILES string of the molecule is CCC(=O)N1CCC(NC(=NC)NCc2ccccc2-c2ccc(Cl)cc2)C1.I. The molecule has 2 N–H and O–H groups in total. The lowest BCUT2D eigenvalue weighted by molar-refractivity contribution is -0.129. The average Bonchev–Trinajstić information content (AvgIpc) is 3.20. The Morgan fingerprint density at radius 3 is 2.62 bits per heavy atom. The summed E-state index contributed by atoms with van der Waals surface area (Å²) in [5, 5.41) is 7.57. The van der Waals surface area contributed by atoms with Crippen molar-refractivity contribution in [2.75, 3.05) is 20.1 Å². The van der Waals surface area contributed by atoms with Gasteiger partial charge in [0.25, 0.3) is 0 Å². The van der Waals surface area contributed by atoms with Gasteiger partial charge in [0.05, 0.1) is 0 Å². The molecular weight excluding hydrogens is 499 g/mol. The number of rotatable bonds is 5. The van der Waals surface area contributed by atoms with E-state index in [-0.39, 0.29) is 35.9 Å². The first-order valence-electron chi connectivity index (χ1n) is 9.69. The van der Waals surface area contributed by atoms with E-state index in [0.717, 1.165) is 36.1 Å². The second-order valence-corrected chi connectivity index (χ2v) is 7.35. The molecule has 3 rings (SSSR count). The van der Waals surface area contributed by atoms with Crippen molar-refractivity contribution in [2.24, 2.45) is 4.99 Å². The van der Waals surface area contributed by atoms with Crippen molar-refractivity contribution in [2.45, 2.75) is 32.4 Å². The van der Waals surface area contributed by atoms with Crippen LogP contribution in [0.15, 0.2) is 53.5 Å². The highest BCUT2D eigenvalue weighted by molar-refractivity contribution is 14.0. The Labute approximate surface area is 194 Å². The summed E-state index contributed by atoms with van der Waals surface area (Å²) < 4.78 is 0. The number of guanidine groups is 1. The molecule has 2 aromatic carbocycles. The molecule has 0 spiro atoms. The van der Waals surface area contributed by atoms with E-state index in [1.807, 2.05) is 48.2 Å². The third-order valence-corrected chi connectivity index (χ3v) is 5.28. The fourth-order valence-electron chi connectivity index (χ4n) is 3.48. The molecule has 0 saturated carbocycles. The van der Waals surface area contributed by atoms with Crippen LogP contribution in [0.1, 0.15) is 25.3 Å². The summed E-state index contributed by atoms with van der Waals surface area (Å²) in [5.74, 6) is 0.964. The third kappa shape index (κ3) is 6.34. The van der Waals surface area contributed by atoms with Gasteiger partial charge >= 0.3 is 0 Å².